The molecule has 1 N–H and O–H groups in total. The maximum atomic E-state index is 12.4. The predicted octanol–water partition coefficient (Wildman–Crippen LogP) is 2.15. The van der Waals surface area contributed by atoms with Gasteiger partial charge in [-0.05, 0) is 30.0 Å². The second-order valence-corrected chi connectivity index (χ2v) is 5.81. The third-order valence-corrected chi connectivity index (χ3v) is 4.20. The van der Waals surface area contributed by atoms with E-state index in [1.54, 1.807) is 47.5 Å². The summed E-state index contributed by atoms with van der Waals surface area (Å²) < 4.78 is 2.99. The average Bonchev–Trinajstić information content (AvgIpc) is 3.11. The molecule has 0 aliphatic rings. The fraction of sp³-hybridized carbons (Fsp3) is 0.133. The Balaban J connectivity index is 2.10. The lowest BCUT2D eigenvalue weighted by atomic mass is 10.1. The third-order valence-electron chi connectivity index (χ3n) is 3.34. The summed E-state index contributed by atoms with van der Waals surface area (Å²) in [7, 11) is 0. The van der Waals surface area contributed by atoms with Gasteiger partial charge in [0.25, 0.3) is 5.56 Å². The van der Waals surface area contributed by atoms with Crippen LogP contribution < -0.4 is 5.56 Å². The van der Waals surface area contributed by atoms with Gasteiger partial charge in [-0.3, -0.25) is 9.36 Å². The zero-order chi connectivity index (χ0) is 15.7. The first-order chi connectivity index (χ1) is 10.6. The molecule has 0 unspecified atom stereocenters. The highest BCUT2D eigenvalue weighted by atomic mass is 32.1. The Morgan fingerprint density at radius 2 is 2.18 bits per heavy atom. The largest absolute Gasteiger partial charge is 0.477 e. The van der Waals surface area contributed by atoms with Crippen molar-refractivity contribution >= 4 is 17.3 Å². The molecule has 0 atom stereocenters. The average molecular weight is 315 g/mol. The number of hydrogen-bond donors (Lipinski definition) is 1. The highest BCUT2D eigenvalue weighted by Crippen LogP contribution is 2.14. The minimum absolute atomic E-state index is 0.216. The summed E-state index contributed by atoms with van der Waals surface area (Å²) in [6, 6.07) is 7.24. The van der Waals surface area contributed by atoms with Gasteiger partial charge < -0.3 is 5.11 Å². The van der Waals surface area contributed by atoms with Crippen molar-refractivity contribution in [3.63, 3.8) is 0 Å². The monoisotopic (exact) mass is 315 g/mol. The van der Waals surface area contributed by atoms with Gasteiger partial charge in [0.1, 0.15) is 11.4 Å². The van der Waals surface area contributed by atoms with E-state index in [1.165, 1.54) is 4.57 Å². The number of hydrogen-bond acceptors (Lipinski definition) is 4. The molecule has 0 bridgehead atoms. The molecule has 7 heteroatoms. The van der Waals surface area contributed by atoms with Crippen LogP contribution >= 0.6 is 11.3 Å². The van der Waals surface area contributed by atoms with Crippen LogP contribution in [0.2, 0.25) is 0 Å². The van der Waals surface area contributed by atoms with E-state index in [-0.39, 0.29) is 5.56 Å². The number of thiophene rings is 1. The Morgan fingerprint density at radius 3 is 2.86 bits per heavy atom. The zero-order valence-corrected chi connectivity index (χ0v) is 12.6. The Bertz CT molecular complexity index is 878. The van der Waals surface area contributed by atoms with E-state index in [9.17, 15) is 14.7 Å². The smallest absolute Gasteiger partial charge is 0.341 e. The van der Waals surface area contributed by atoms with Gasteiger partial charge in [0.15, 0.2) is 0 Å². The Kier molecular flexibility index (Phi) is 3.64. The molecule has 0 saturated carbocycles. The summed E-state index contributed by atoms with van der Waals surface area (Å²) in [5, 5.41) is 15.4. The van der Waals surface area contributed by atoms with Gasteiger partial charge in [0, 0.05) is 17.1 Å². The molecule has 3 heterocycles. The van der Waals surface area contributed by atoms with Gasteiger partial charge in [-0.15, -0.1) is 11.3 Å². The second kappa shape index (κ2) is 5.61. The normalized spacial score (nSPS) is 10.8. The van der Waals surface area contributed by atoms with Crippen molar-refractivity contribution in [3.05, 3.63) is 68.4 Å². The van der Waals surface area contributed by atoms with Gasteiger partial charge >= 0.3 is 5.97 Å². The minimum atomic E-state index is -1.22. The lowest BCUT2D eigenvalue weighted by Gasteiger charge is -2.10. The molecule has 0 amide bonds. The van der Waals surface area contributed by atoms with Crippen molar-refractivity contribution in [1.29, 1.82) is 0 Å². The van der Waals surface area contributed by atoms with Gasteiger partial charge in [0.2, 0.25) is 0 Å². The SMILES string of the molecule is Cc1ccn(-c2ccnn2Cc2cccs2)c(=O)c1C(=O)O. The number of rotatable bonds is 4. The number of aromatic carboxylic acids is 1. The summed E-state index contributed by atoms with van der Waals surface area (Å²) in [5.41, 5.74) is -0.329. The quantitative estimate of drug-likeness (QED) is 0.800. The topological polar surface area (TPSA) is 77.1 Å². The van der Waals surface area contributed by atoms with Crippen LogP contribution in [-0.4, -0.2) is 25.4 Å². The molecule has 3 rings (SSSR count). The van der Waals surface area contributed by atoms with Crippen LogP contribution in [0.1, 0.15) is 20.8 Å². The van der Waals surface area contributed by atoms with Gasteiger partial charge in [-0.1, -0.05) is 6.07 Å². The van der Waals surface area contributed by atoms with Gasteiger partial charge in [-0.2, -0.15) is 5.10 Å². The molecule has 0 aliphatic carbocycles. The number of aryl methyl sites for hydroxylation is 1. The van der Waals surface area contributed by atoms with Crippen molar-refractivity contribution in [3.8, 4) is 5.82 Å². The van der Waals surface area contributed by atoms with Crippen molar-refractivity contribution < 1.29 is 9.90 Å². The van der Waals surface area contributed by atoms with E-state index in [0.29, 0.717) is 17.9 Å². The van der Waals surface area contributed by atoms with Gasteiger partial charge in [0.05, 0.1) is 12.7 Å². The molecule has 0 aliphatic heterocycles. The maximum absolute atomic E-state index is 12.4. The molecule has 0 aromatic carbocycles. The first-order valence-corrected chi connectivity index (χ1v) is 7.46. The van der Waals surface area contributed by atoms with Crippen molar-refractivity contribution in [2.45, 2.75) is 13.5 Å². The molecule has 0 fully saturated rings. The van der Waals surface area contributed by atoms with E-state index in [2.05, 4.69) is 5.10 Å². The zero-order valence-electron chi connectivity index (χ0n) is 11.8. The highest BCUT2D eigenvalue weighted by molar-refractivity contribution is 7.09. The lowest BCUT2D eigenvalue weighted by molar-refractivity contribution is 0.0693. The molecule has 0 spiro atoms. The van der Waals surface area contributed by atoms with E-state index in [0.717, 1.165) is 4.88 Å². The fourth-order valence-electron chi connectivity index (χ4n) is 2.27. The standard InChI is InChI=1S/C15H13N3O3S/c1-10-5-7-17(14(19)13(10)15(20)21)12-4-6-16-18(12)9-11-3-2-8-22-11/h2-8H,9H2,1H3,(H,20,21). The molecule has 0 radical (unpaired) electrons. The number of nitrogens with zero attached hydrogens (tertiary/aromatic N) is 3. The predicted molar refractivity (Wildman–Crippen MR) is 82.9 cm³/mol. The molecule has 6 nitrogen and oxygen atoms in total. The molecule has 0 saturated heterocycles. The van der Waals surface area contributed by atoms with Crippen LogP contribution in [0.3, 0.4) is 0 Å². The van der Waals surface area contributed by atoms with Crippen LogP contribution in [-0.2, 0) is 6.54 Å². The Labute approximate surface area is 129 Å². The minimum Gasteiger partial charge on any atom is -0.477 e. The lowest BCUT2D eigenvalue weighted by Crippen LogP contribution is -2.27. The summed E-state index contributed by atoms with van der Waals surface area (Å²) in [6.07, 6.45) is 3.17. The Morgan fingerprint density at radius 1 is 1.36 bits per heavy atom. The summed E-state index contributed by atoms with van der Waals surface area (Å²) in [4.78, 5) is 24.8. The van der Waals surface area contributed by atoms with Crippen LogP contribution in [0.5, 0.6) is 0 Å². The molecule has 3 aromatic rings. The van der Waals surface area contributed by atoms with Crippen LogP contribution in [0, 0.1) is 6.92 Å². The van der Waals surface area contributed by atoms with Crippen LogP contribution in [0.15, 0.2) is 46.8 Å². The highest BCUT2D eigenvalue weighted by Gasteiger charge is 2.17. The summed E-state index contributed by atoms with van der Waals surface area (Å²) >= 11 is 1.60. The first kappa shape index (κ1) is 14.3. The number of pyridine rings is 1. The van der Waals surface area contributed by atoms with E-state index < -0.39 is 11.5 Å². The van der Waals surface area contributed by atoms with Crippen LogP contribution in [0.4, 0.5) is 0 Å². The molecular weight excluding hydrogens is 302 g/mol. The number of carboxylic acid groups (broad SMARTS) is 1. The van der Waals surface area contributed by atoms with Crippen LogP contribution in [0.25, 0.3) is 5.82 Å². The van der Waals surface area contributed by atoms with Crippen molar-refractivity contribution in [2.24, 2.45) is 0 Å². The molecule has 22 heavy (non-hydrogen) atoms. The van der Waals surface area contributed by atoms with E-state index in [1.807, 2.05) is 17.5 Å². The van der Waals surface area contributed by atoms with Crippen molar-refractivity contribution in [2.75, 3.05) is 0 Å². The maximum Gasteiger partial charge on any atom is 0.341 e. The van der Waals surface area contributed by atoms with Crippen molar-refractivity contribution in [1.82, 2.24) is 14.3 Å². The molecule has 112 valence electrons. The number of carboxylic acids is 1. The molecular formula is C15H13N3O3S. The second-order valence-electron chi connectivity index (χ2n) is 4.78. The van der Waals surface area contributed by atoms with E-state index >= 15 is 0 Å². The number of aromatic nitrogens is 3. The fourth-order valence-corrected chi connectivity index (χ4v) is 2.96. The third kappa shape index (κ3) is 2.46. The van der Waals surface area contributed by atoms with E-state index in [4.69, 9.17) is 0 Å². The summed E-state index contributed by atoms with van der Waals surface area (Å²) in [5.74, 6) is -0.679. The summed E-state index contributed by atoms with van der Waals surface area (Å²) in [6.45, 7) is 2.14. The Hall–Kier alpha value is -2.67. The first-order valence-electron chi connectivity index (χ1n) is 6.58. The van der Waals surface area contributed by atoms with Gasteiger partial charge in [-0.25, -0.2) is 9.48 Å². The number of carbonyl (C=O) groups is 1. The molecule has 3 aromatic heterocycles.